The number of hydrogen-bond acceptors (Lipinski definition) is 3. The van der Waals surface area contributed by atoms with E-state index in [0.29, 0.717) is 19.1 Å². The molecule has 4 heteroatoms. The molecule has 0 aliphatic heterocycles. The average molecular weight is 276 g/mol. The molecule has 1 aliphatic carbocycles. The first-order valence-corrected chi connectivity index (χ1v) is 7.54. The minimum absolute atomic E-state index is 0.0552. The molecule has 0 unspecified atom stereocenters. The highest BCUT2D eigenvalue weighted by Gasteiger charge is 2.14. The van der Waals surface area contributed by atoms with Crippen molar-refractivity contribution in [3.63, 3.8) is 0 Å². The van der Waals surface area contributed by atoms with Crippen molar-refractivity contribution in [2.24, 2.45) is 0 Å². The fourth-order valence-corrected chi connectivity index (χ4v) is 2.54. The maximum absolute atomic E-state index is 11.8. The zero-order chi connectivity index (χ0) is 14.2. The van der Waals surface area contributed by atoms with Crippen LogP contribution in [0.3, 0.4) is 0 Å². The molecule has 0 spiro atoms. The van der Waals surface area contributed by atoms with Crippen LogP contribution in [0.15, 0.2) is 24.3 Å². The smallest absolute Gasteiger partial charge is 0.225 e. The van der Waals surface area contributed by atoms with Crippen molar-refractivity contribution >= 4 is 11.6 Å². The maximum Gasteiger partial charge on any atom is 0.225 e. The van der Waals surface area contributed by atoms with Gasteiger partial charge in [-0.3, -0.25) is 4.79 Å². The van der Waals surface area contributed by atoms with Gasteiger partial charge in [-0.05, 0) is 44.0 Å². The third-order valence-electron chi connectivity index (χ3n) is 3.59. The second-order valence-corrected chi connectivity index (χ2v) is 5.19. The third kappa shape index (κ3) is 4.85. The van der Waals surface area contributed by atoms with Crippen LogP contribution in [-0.4, -0.2) is 25.1 Å². The van der Waals surface area contributed by atoms with Gasteiger partial charge in [-0.25, -0.2) is 0 Å². The molecule has 1 aliphatic rings. The van der Waals surface area contributed by atoms with E-state index in [0.717, 1.165) is 18.0 Å². The van der Waals surface area contributed by atoms with Gasteiger partial charge in [0.05, 0.1) is 6.61 Å². The van der Waals surface area contributed by atoms with Crippen molar-refractivity contribution in [3.05, 3.63) is 24.3 Å². The second-order valence-electron chi connectivity index (χ2n) is 5.19. The molecule has 110 valence electrons. The highest BCUT2D eigenvalue weighted by Crippen LogP contribution is 2.18. The Bertz CT molecular complexity index is 411. The summed E-state index contributed by atoms with van der Waals surface area (Å²) < 4.78 is 5.36. The standard InChI is InChI=1S/C16H24N2O2/c1-2-20-15-9-7-14(8-10-15)18-16(19)11-12-17-13-5-3-4-6-13/h7-10,13,17H,2-6,11-12H2,1H3,(H,18,19). The van der Waals surface area contributed by atoms with Crippen molar-refractivity contribution in [3.8, 4) is 5.75 Å². The molecule has 1 aromatic carbocycles. The van der Waals surface area contributed by atoms with Gasteiger partial charge < -0.3 is 15.4 Å². The molecular formula is C16H24N2O2. The first kappa shape index (κ1) is 14.9. The summed E-state index contributed by atoms with van der Waals surface area (Å²) in [5.74, 6) is 0.882. The summed E-state index contributed by atoms with van der Waals surface area (Å²) in [5.41, 5.74) is 0.819. The normalized spacial score (nSPS) is 15.2. The molecule has 0 bridgehead atoms. The van der Waals surface area contributed by atoms with Gasteiger partial charge in [0.25, 0.3) is 0 Å². The lowest BCUT2D eigenvalue weighted by Gasteiger charge is -2.11. The van der Waals surface area contributed by atoms with Gasteiger partial charge in [-0.2, -0.15) is 0 Å². The Morgan fingerprint density at radius 1 is 1.25 bits per heavy atom. The largest absolute Gasteiger partial charge is 0.494 e. The number of nitrogens with one attached hydrogen (secondary N) is 2. The van der Waals surface area contributed by atoms with Gasteiger partial charge in [-0.1, -0.05) is 12.8 Å². The number of carbonyl (C=O) groups is 1. The van der Waals surface area contributed by atoms with Crippen LogP contribution in [0.2, 0.25) is 0 Å². The molecule has 1 aromatic rings. The molecule has 1 amide bonds. The summed E-state index contributed by atoms with van der Waals surface area (Å²) in [4.78, 5) is 11.8. The van der Waals surface area contributed by atoms with E-state index in [2.05, 4.69) is 10.6 Å². The van der Waals surface area contributed by atoms with Crippen molar-refractivity contribution in [1.29, 1.82) is 0 Å². The van der Waals surface area contributed by atoms with Gasteiger partial charge in [-0.15, -0.1) is 0 Å². The van der Waals surface area contributed by atoms with E-state index in [1.54, 1.807) is 0 Å². The Kier molecular flexibility index (Phi) is 5.87. The summed E-state index contributed by atoms with van der Waals surface area (Å²) in [6, 6.07) is 8.10. The molecule has 1 saturated carbocycles. The highest BCUT2D eigenvalue weighted by atomic mass is 16.5. The van der Waals surface area contributed by atoms with Crippen molar-refractivity contribution in [1.82, 2.24) is 5.32 Å². The van der Waals surface area contributed by atoms with Crippen LogP contribution >= 0.6 is 0 Å². The lowest BCUT2D eigenvalue weighted by Crippen LogP contribution is -2.29. The number of rotatable bonds is 7. The monoisotopic (exact) mass is 276 g/mol. The predicted octanol–water partition coefficient (Wildman–Crippen LogP) is 2.95. The summed E-state index contributed by atoms with van der Waals surface area (Å²) in [6.45, 7) is 3.36. The molecule has 2 rings (SSSR count). The van der Waals surface area contributed by atoms with Crippen LogP contribution in [0, 0.1) is 0 Å². The van der Waals surface area contributed by atoms with Crippen LogP contribution in [0.5, 0.6) is 5.75 Å². The van der Waals surface area contributed by atoms with Gasteiger partial charge in [0.2, 0.25) is 5.91 Å². The molecule has 20 heavy (non-hydrogen) atoms. The number of ether oxygens (including phenoxy) is 1. The zero-order valence-corrected chi connectivity index (χ0v) is 12.2. The van der Waals surface area contributed by atoms with Gasteiger partial charge >= 0.3 is 0 Å². The topological polar surface area (TPSA) is 50.4 Å². The Hall–Kier alpha value is -1.55. The Balaban J connectivity index is 1.67. The maximum atomic E-state index is 11.8. The predicted molar refractivity (Wildman–Crippen MR) is 81.1 cm³/mol. The molecular weight excluding hydrogens is 252 g/mol. The molecule has 4 nitrogen and oxygen atoms in total. The Morgan fingerprint density at radius 2 is 1.95 bits per heavy atom. The first-order valence-electron chi connectivity index (χ1n) is 7.54. The number of amides is 1. The Labute approximate surface area is 120 Å². The van der Waals surface area contributed by atoms with Crippen LogP contribution in [-0.2, 0) is 4.79 Å². The van der Waals surface area contributed by atoms with Gasteiger partial charge in [0.1, 0.15) is 5.75 Å². The fraction of sp³-hybridized carbons (Fsp3) is 0.562. The average Bonchev–Trinajstić information content (AvgIpc) is 2.94. The van der Waals surface area contributed by atoms with E-state index in [1.807, 2.05) is 31.2 Å². The minimum Gasteiger partial charge on any atom is -0.494 e. The van der Waals surface area contributed by atoms with Crippen LogP contribution in [0.25, 0.3) is 0 Å². The van der Waals surface area contributed by atoms with Crippen LogP contribution in [0.4, 0.5) is 5.69 Å². The van der Waals surface area contributed by atoms with Crippen molar-refractivity contribution in [2.75, 3.05) is 18.5 Å². The number of hydrogen-bond donors (Lipinski definition) is 2. The highest BCUT2D eigenvalue weighted by molar-refractivity contribution is 5.90. The lowest BCUT2D eigenvalue weighted by molar-refractivity contribution is -0.116. The first-order chi connectivity index (χ1) is 9.78. The second kappa shape index (κ2) is 7.90. The number of benzene rings is 1. The van der Waals surface area contributed by atoms with E-state index in [4.69, 9.17) is 4.74 Å². The quantitative estimate of drug-likeness (QED) is 0.805. The van der Waals surface area contributed by atoms with Crippen molar-refractivity contribution in [2.45, 2.75) is 45.1 Å². The zero-order valence-electron chi connectivity index (χ0n) is 12.2. The summed E-state index contributed by atoms with van der Waals surface area (Å²) >= 11 is 0. The summed E-state index contributed by atoms with van der Waals surface area (Å²) in [6.07, 6.45) is 5.65. The molecule has 2 N–H and O–H groups in total. The third-order valence-corrected chi connectivity index (χ3v) is 3.59. The lowest BCUT2D eigenvalue weighted by atomic mass is 10.2. The van der Waals surface area contributed by atoms with E-state index < -0.39 is 0 Å². The van der Waals surface area contributed by atoms with Gasteiger partial charge in [0.15, 0.2) is 0 Å². The van der Waals surface area contributed by atoms with Gasteiger partial charge in [0, 0.05) is 24.7 Å². The van der Waals surface area contributed by atoms with Crippen LogP contribution < -0.4 is 15.4 Å². The Morgan fingerprint density at radius 3 is 2.60 bits per heavy atom. The van der Waals surface area contributed by atoms with Crippen LogP contribution in [0.1, 0.15) is 39.0 Å². The SMILES string of the molecule is CCOc1ccc(NC(=O)CCNC2CCCC2)cc1. The molecule has 0 saturated heterocycles. The minimum atomic E-state index is 0.0552. The molecule has 0 atom stereocenters. The summed E-state index contributed by atoms with van der Waals surface area (Å²) in [5, 5.41) is 6.35. The number of anilines is 1. The summed E-state index contributed by atoms with van der Waals surface area (Å²) in [7, 11) is 0. The molecule has 0 radical (unpaired) electrons. The van der Waals surface area contributed by atoms with E-state index in [1.165, 1.54) is 25.7 Å². The fourth-order valence-electron chi connectivity index (χ4n) is 2.54. The van der Waals surface area contributed by atoms with E-state index >= 15 is 0 Å². The van der Waals surface area contributed by atoms with E-state index in [9.17, 15) is 4.79 Å². The molecule has 0 aromatic heterocycles. The van der Waals surface area contributed by atoms with E-state index in [-0.39, 0.29) is 5.91 Å². The van der Waals surface area contributed by atoms with Crippen molar-refractivity contribution < 1.29 is 9.53 Å². The number of carbonyl (C=O) groups excluding carboxylic acids is 1. The molecule has 1 fully saturated rings. The molecule has 0 heterocycles.